The summed E-state index contributed by atoms with van der Waals surface area (Å²) in [5.41, 5.74) is 1.94. The summed E-state index contributed by atoms with van der Waals surface area (Å²) in [6.45, 7) is 2.54. The molecule has 3 aromatic heterocycles. The summed E-state index contributed by atoms with van der Waals surface area (Å²) in [7, 11) is 0. The van der Waals surface area contributed by atoms with Gasteiger partial charge in [-0.15, -0.1) is 11.3 Å². The van der Waals surface area contributed by atoms with Crippen LogP contribution in [-0.2, 0) is 17.6 Å². The highest BCUT2D eigenvalue weighted by Crippen LogP contribution is 2.16. The van der Waals surface area contributed by atoms with Crippen LogP contribution in [0.3, 0.4) is 0 Å². The Morgan fingerprint density at radius 2 is 2.45 bits per heavy atom. The van der Waals surface area contributed by atoms with Crippen LogP contribution in [0, 0.1) is 6.92 Å². The molecule has 0 spiro atoms. The lowest BCUT2D eigenvalue weighted by Gasteiger charge is -2.03. The minimum Gasteiger partial charge on any atom is -0.355 e. The Balaban J connectivity index is 1.55. The van der Waals surface area contributed by atoms with Crippen molar-refractivity contribution >= 4 is 22.2 Å². The molecule has 0 aromatic carbocycles. The standard InChI is InChI=1S/C13H15N5OS/c1-9-7-18-10(8-20-13(18)17-9)6-12(19)16-3-2-11-14-4-5-15-11/h4-5,7-8H,2-3,6H2,1H3,(H,14,15)(H,16,19). The second-order valence-corrected chi connectivity index (χ2v) is 5.41. The molecule has 3 aromatic rings. The number of thiazole rings is 1. The third kappa shape index (κ3) is 2.72. The third-order valence-electron chi connectivity index (χ3n) is 2.98. The predicted molar refractivity (Wildman–Crippen MR) is 76.8 cm³/mol. The first-order chi connectivity index (χ1) is 9.72. The Labute approximate surface area is 119 Å². The summed E-state index contributed by atoms with van der Waals surface area (Å²) in [4.78, 5) is 24.3. The molecule has 0 saturated heterocycles. The number of carbonyl (C=O) groups excluding carboxylic acids is 1. The van der Waals surface area contributed by atoms with E-state index in [4.69, 9.17) is 0 Å². The van der Waals surface area contributed by atoms with E-state index in [0.717, 1.165) is 22.2 Å². The molecule has 0 unspecified atom stereocenters. The van der Waals surface area contributed by atoms with Crippen molar-refractivity contribution < 1.29 is 4.79 Å². The second kappa shape index (κ2) is 5.46. The molecule has 0 saturated carbocycles. The maximum Gasteiger partial charge on any atom is 0.225 e. The monoisotopic (exact) mass is 289 g/mol. The highest BCUT2D eigenvalue weighted by molar-refractivity contribution is 7.15. The van der Waals surface area contributed by atoms with Crippen molar-refractivity contribution in [2.45, 2.75) is 19.8 Å². The molecule has 0 radical (unpaired) electrons. The van der Waals surface area contributed by atoms with Crippen LogP contribution in [0.1, 0.15) is 17.2 Å². The van der Waals surface area contributed by atoms with Gasteiger partial charge in [0.15, 0.2) is 4.96 Å². The van der Waals surface area contributed by atoms with Crippen molar-refractivity contribution in [2.24, 2.45) is 0 Å². The number of aryl methyl sites for hydroxylation is 1. The van der Waals surface area contributed by atoms with Crippen LogP contribution in [0.25, 0.3) is 4.96 Å². The lowest BCUT2D eigenvalue weighted by atomic mass is 10.3. The molecule has 20 heavy (non-hydrogen) atoms. The fourth-order valence-electron chi connectivity index (χ4n) is 2.05. The van der Waals surface area contributed by atoms with Crippen LogP contribution >= 0.6 is 11.3 Å². The number of amides is 1. The number of nitrogens with zero attached hydrogens (tertiary/aromatic N) is 3. The largest absolute Gasteiger partial charge is 0.355 e. The van der Waals surface area contributed by atoms with Gasteiger partial charge >= 0.3 is 0 Å². The number of H-pyrrole nitrogens is 1. The summed E-state index contributed by atoms with van der Waals surface area (Å²) < 4.78 is 1.98. The Bertz CT molecular complexity index is 712. The van der Waals surface area contributed by atoms with Gasteiger partial charge in [0.2, 0.25) is 5.91 Å². The highest BCUT2D eigenvalue weighted by Gasteiger charge is 2.10. The van der Waals surface area contributed by atoms with Crippen LogP contribution in [0.5, 0.6) is 0 Å². The molecule has 0 aliphatic heterocycles. The van der Waals surface area contributed by atoms with Crippen LogP contribution < -0.4 is 5.32 Å². The SMILES string of the molecule is Cc1cn2c(CC(=O)NCCc3ncc[nH]3)csc2n1. The van der Waals surface area contributed by atoms with E-state index < -0.39 is 0 Å². The van der Waals surface area contributed by atoms with Gasteiger partial charge in [0.05, 0.1) is 12.1 Å². The number of imidazole rings is 2. The maximum atomic E-state index is 11.9. The smallest absolute Gasteiger partial charge is 0.225 e. The van der Waals surface area contributed by atoms with E-state index in [1.165, 1.54) is 0 Å². The van der Waals surface area contributed by atoms with Gasteiger partial charge in [-0.25, -0.2) is 9.97 Å². The number of hydrogen-bond acceptors (Lipinski definition) is 4. The molecule has 2 N–H and O–H groups in total. The van der Waals surface area contributed by atoms with Gasteiger partial charge < -0.3 is 10.3 Å². The molecular formula is C13H15N5OS. The van der Waals surface area contributed by atoms with Crippen molar-refractivity contribution in [3.8, 4) is 0 Å². The Kier molecular flexibility index (Phi) is 3.51. The molecule has 104 valence electrons. The number of aromatic amines is 1. The molecule has 6 nitrogen and oxygen atoms in total. The van der Waals surface area contributed by atoms with E-state index in [1.54, 1.807) is 23.7 Å². The van der Waals surface area contributed by atoms with Crippen molar-refractivity contribution in [3.05, 3.63) is 41.2 Å². The van der Waals surface area contributed by atoms with Crippen molar-refractivity contribution in [2.75, 3.05) is 6.54 Å². The zero-order chi connectivity index (χ0) is 13.9. The average molecular weight is 289 g/mol. The number of hydrogen-bond donors (Lipinski definition) is 2. The van der Waals surface area contributed by atoms with E-state index in [9.17, 15) is 4.79 Å². The van der Waals surface area contributed by atoms with Gasteiger partial charge in [-0.3, -0.25) is 9.20 Å². The van der Waals surface area contributed by atoms with Gasteiger partial charge in [-0.2, -0.15) is 0 Å². The van der Waals surface area contributed by atoms with Gasteiger partial charge in [-0.1, -0.05) is 0 Å². The van der Waals surface area contributed by atoms with Gasteiger partial charge in [0.25, 0.3) is 0 Å². The molecule has 3 rings (SSSR count). The number of fused-ring (bicyclic) bond motifs is 1. The topological polar surface area (TPSA) is 75.1 Å². The molecule has 0 bridgehead atoms. The maximum absolute atomic E-state index is 11.9. The van der Waals surface area contributed by atoms with Crippen LogP contribution in [-0.4, -0.2) is 31.8 Å². The lowest BCUT2D eigenvalue weighted by Crippen LogP contribution is -2.27. The Morgan fingerprint density at radius 1 is 1.55 bits per heavy atom. The summed E-state index contributed by atoms with van der Waals surface area (Å²) >= 11 is 1.56. The first-order valence-corrected chi connectivity index (χ1v) is 7.27. The number of aromatic nitrogens is 4. The number of nitrogens with one attached hydrogen (secondary N) is 2. The molecule has 0 aliphatic rings. The van der Waals surface area contributed by atoms with Crippen molar-refractivity contribution in [3.63, 3.8) is 0 Å². The number of rotatable bonds is 5. The fraction of sp³-hybridized carbons (Fsp3) is 0.308. The highest BCUT2D eigenvalue weighted by atomic mass is 32.1. The van der Waals surface area contributed by atoms with E-state index in [0.29, 0.717) is 19.4 Å². The van der Waals surface area contributed by atoms with Gasteiger partial charge in [0, 0.05) is 42.6 Å². The van der Waals surface area contributed by atoms with E-state index in [-0.39, 0.29) is 5.91 Å². The summed E-state index contributed by atoms with van der Waals surface area (Å²) in [5.74, 6) is 0.899. The number of carbonyl (C=O) groups is 1. The van der Waals surface area contributed by atoms with E-state index >= 15 is 0 Å². The second-order valence-electron chi connectivity index (χ2n) is 4.57. The molecule has 0 atom stereocenters. The summed E-state index contributed by atoms with van der Waals surface area (Å²) in [6.07, 6.45) is 6.52. The van der Waals surface area contributed by atoms with Gasteiger partial charge in [0.1, 0.15) is 5.82 Å². The first kappa shape index (κ1) is 12.9. The predicted octanol–water partition coefficient (Wildman–Crippen LogP) is 1.33. The molecular weight excluding hydrogens is 274 g/mol. The molecule has 0 aliphatic carbocycles. The zero-order valence-corrected chi connectivity index (χ0v) is 11.9. The minimum atomic E-state index is 0.0163. The van der Waals surface area contributed by atoms with E-state index in [2.05, 4.69) is 20.3 Å². The Morgan fingerprint density at radius 3 is 3.25 bits per heavy atom. The average Bonchev–Trinajstić information content (AvgIpc) is 3.09. The van der Waals surface area contributed by atoms with Gasteiger partial charge in [-0.05, 0) is 6.92 Å². The fourth-order valence-corrected chi connectivity index (χ4v) is 2.97. The Hall–Kier alpha value is -2.15. The normalized spacial score (nSPS) is 11.1. The van der Waals surface area contributed by atoms with Crippen molar-refractivity contribution in [1.29, 1.82) is 0 Å². The first-order valence-electron chi connectivity index (χ1n) is 6.39. The summed E-state index contributed by atoms with van der Waals surface area (Å²) in [6, 6.07) is 0. The molecule has 1 amide bonds. The van der Waals surface area contributed by atoms with Crippen LogP contribution in [0.4, 0.5) is 0 Å². The molecule has 0 fully saturated rings. The lowest BCUT2D eigenvalue weighted by molar-refractivity contribution is -0.120. The van der Waals surface area contributed by atoms with Crippen LogP contribution in [0.15, 0.2) is 24.0 Å². The van der Waals surface area contributed by atoms with Crippen molar-refractivity contribution in [1.82, 2.24) is 24.7 Å². The zero-order valence-electron chi connectivity index (χ0n) is 11.1. The quantitative estimate of drug-likeness (QED) is 0.744. The summed E-state index contributed by atoms with van der Waals surface area (Å²) in [5, 5.41) is 4.88. The molecule has 3 heterocycles. The van der Waals surface area contributed by atoms with E-state index in [1.807, 2.05) is 22.9 Å². The molecule has 7 heteroatoms. The third-order valence-corrected chi connectivity index (χ3v) is 3.87. The minimum absolute atomic E-state index is 0.0163. The van der Waals surface area contributed by atoms with Crippen LogP contribution in [0.2, 0.25) is 0 Å².